The lowest BCUT2D eigenvalue weighted by atomic mass is 10.1. The van der Waals surface area contributed by atoms with Gasteiger partial charge in [0.2, 0.25) is 0 Å². The Hall–Kier alpha value is -5.46. The van der Waals surface area contributed by atoms with Crippen molar-refractivity contribution < 1.29 is 28.5 Å². The number of carbonyl (C=O) groups is 2. The summed E-state index contributed by atoms with van der Waals surface area (Å²) in [6.07, 6.45) is -0.193. The molecule has 8 rings (SSSR count). The molecule has 1 fully saturated rings. The summed E-state index contributed by atoms with van der Waals surface area (Å²) >= 11 is 0. The van der Waals surface area contributed by atoms with Gasteiger partial charge in [-0.1, -0.05) is 6.07 Å². The Labute approximate surface area is 254 Å². The first-order valence-corrected chi connectivity index (χ1v) is 14.5. The second-order valence-electron chi connectivity index (χ2n) is 10.5. The molecule has 12 heteroatoms. The zero-order valence-corrected chi connectivity index (χ0v) is 24.2. The molecule has 1 atom stereocenters. The highest BCUT2D eigenvalue weighted by Crippen LogP contribution is 2.34. The van der Waals surface area contributed by atoms with Crippen LogP contribution in [0, 0.1) is 0 Å². The molecule has 0 bridgehead atoms. The number of esters is 2. The maximum atomic E-state index is 12.5. The number of carbonyl (C=O) groups excluding carboxylic acids is 2. The molecule has 1 aliphatic heterocycles. The number of hydrogen-bond acceptors (Lipinski definition) is 12. The molecule has 1 unspecified atom stereocenters. The zero-order chi connectivity index (χ0) is 30.7. The van der Waals surface area contributed by atoms with Crippen molar-refractivity contribution >= 4 is 78.1 Å². The minimum atomic E-state index is -0.448. The summed E-state index contributed by atoms with van der Waals surface area (Å²) in [6, 6.07) is 15.9. The third-order valence-electron chi connectivity index (χ3n) is 7.71. The Kier molecular flexibility index (Phi) is 6.39. The highest BCUT2D eigenvalue weighted by Gasteiger charge is 2.22. The number of ether oxygens (including phenoxy) is 4. The van der Waals surface area contributed by atoms with Crippen LogP contribution in [-0.2, 0) is 18.9 Å². The van der Waals surface area contributed by atoms with Crippen LogP contribution in [0.15, 0.2) is 54.6 Å². The number of nitrogens with zero attached hydrogens (tertiary/aromatic N) is 6. The Balaban J connectivity index is 1.45. The van der Waals surface area contributed by atoms with Crippen LogP contribution in [0.1, 0.15) is 46.2 Å². The van der Waals surface area contributed by atoms with Gasteiger partial charge in [-0.15, -0.1) is 0 Å². The van der Waals surface area contributed by atoms with Gasteiger partial charge in [-0.3, -0.25) is 0 Å². The Morgan fingerprint density at radius 3 is 1.47 bits per heavy atom. The minimum absolute atomic E-state index is 0.193. The van der Waals surface area contributed by atoms with E-state index in [-0.39, 0.29) is 26.1 Å². The van der Waals surface area contributed by atoms with Crippen LogP contribution >= 0.6 is 0 Å². The van der Waals surface area contributed by atoms with Crippen LogP contribution in [0.2, 0.25) is 0 Å². The predicted octanol–water partition coefficient (Wildman–Crippen LogP) is 5.37. The van der Waals surface area contributed by atoms with Gasteiger partial charge >= 0.3 is 11.9 Å². The van der Waals surface area contributed by atoms with E-state index in [0.717, 1.165) is 5.56 Å². The summed E-state index contributed by atoms with van der Waals surface area (Å²) in [5.41, 5.74) is 7.89. The molecule has 0 N–H and O–H groups in total. The van der Waals surface area contributed by atoms with Crippen LogP contribution in [-0.4, -0.2) is 68.5 Å². The molecule has 1 saturated heterocycles. The lowest BCUT2D eigenvalue weighted by Crippen LogP contribution is -2.05. The van der Waals surface area contributed by atoms with Gasteiger partial charge in [-0.2, -0.15) is 0 Å². The number of rotatable bonds is 5. The normalized spacial score (nSPS) is 15.1. The van der Waals surface area contributed by atoms with Crippen molar-refractivity contribution in [1.29, 1.82) is 0 Å². The van der Waals surface area contributed by atoms with Crippen molar-refractivity contribution in [3.05, 3.63) is 71.3 Å². The summed E-state index contributed by atoms with van der Waals surface area (Å²) < 4.78 is 21.5. The molecule has 7 aromatic rings. The summed E-state index contributed by atoms with van der Waals surface area (Å²) in [7, 11) is 0. The van der Waals surface area contributed by atoms with Crippen LogP contribution in [0.4, 0.5) is 0 Å². The monoisotopic (exact) mass is 600 g/mol. The van der Waals surface area contributed by atoms with Gasteiger partial charge in [-0.25, -0.2) is 39.5 Å². The molecule has 0 saturated carbocycles. The van der Waals surface area contributed by atoms with Crippen molar-refractivity contribution in [2.75, 3.05) is 26.6 Å². The molecule has 45 heavy (non-hydrogen) atoms. The summed E-state index contributed by atoms with van der Waals surface area (Å²) in [4.78, 5) is 54.8. The second kappa shape index (κ2) is 10.6. The van der Waals surface area contributed by atoms with Crippen molar-refractivity contribution in [3.8, 4) is 0 Å². The second-order valence-corrected chi connectivity index (χ2v) is 10.5. The average Bonchev–Trinajstić information content (AvgIpc) is 3.61. The topological polar surface area (TPSA) is 148 Å². The molecule has 4 heterocycles. The minimum Gasteiger partial charge on any atom is -0.462 e. The number of hydrogen-bond donors (Lipinski definition) is 0. The van der Waals surface area contributed by atoms with E-state index >= 15 is 0 Å². The van der Waals surface area contributed by atoms with E-state index in [1.165, 1.54) is 0 Å². The van der Waals surface area contributed by atoms with Gasteiger partial charge in [0, 0.05) is 0 Å². The lowest BCUT2D eigenvalue weighted by molar-refractivity contribution is 0.0465. The van der Waals surface area contributed by atoms with Gasteiger partial charge in [0.1, 0.15) is 46.0 Å². The molecule has 1 aliphatic rings. The van der Waals surface area contributed by atoms with Crippen LogP contribution < -0.4 is 0 Å². The molecule has 0 spiro atoms. The van der Waals surface area contributed by atoms with Gasteiger partial charge < -0.3 is 18.9 Å². The highest BCUT2D eigenvalue weighted by molar-refractivity contribution is 6.21. The molecular weight excluding hydrogens is 576 g/mol. The van der Waals surface area contributed by atoms with Crippen LogP contribution in [0.5, 0.6) is 0 Å². The first kappa shape index (κ1) is 27.1. The summed E-state index contributed by atoms with van der Waals surface area (Å²) in [6.45, 7) is 4.72. The predicted molar refractivity (Wildman–Crippen MR) is 165 cm³/mol. The van der Waals surface area contributed by atoms with Gasteiger partial charge in [0.15, 0.2) is 0 Å². The van der Waals surface area contributed by atoms with E-state index in [9.17, 15) is 9.59 Å². The van der Waals surface area contributed by atoms with E-state index in [0.29, 0.717) is 83.9 Å². The average molecular weight is 601 g/mol. The molecule has 0 amide bonds. The molecule has 4 aromatic carbocycles. The number of fused-ring (bicyclic) bond motifs is 9. The first-order chi connectivity index (χ1) is 22.0. The Morgan fingerprint density at radius 2 is 1.04 bits per heavy atom. The largest absolute Gasteiger partial charge is 0.462 e. The van der Waals surface area contributed by atoms with Crippen LogP contribution in [0.3, 0.4) is 0 Å². The van der Waals surface area contributed by atoms with Crippen LogP contribution in [0.25, 0.3) is 66.2 Å². The van der Waals surface area contributed by atoms with Crippen molar-refractivity contribution in [2.45, 2.75) is 20.0 Å². The van der Waals surface area contributed by atoms with E-state index in [1.54, 1.807) is 50.2 Å². The molecule has 222 valence electrons. The molecule has 3 aromatic heterocycles. The highest BCUT2D eigenvalue weighted by atomic mass is 16.7. The quantitative estimate of drug-likeness (QED) is 0.142. The van der Waals surface area contributed by atoms with E-state index in [2.05, 4.69) is 0 Å². The van der Waals surface area contributed by atoms with E-state index in [1.807, 2.05) is 18.2 Å². The van der Waals surface area contributed by atoms with E-state index in [4.69, 9.17) is 48.9 Å². The maximum absolute atomic E-state index is 12.5. The Morgan fingerprint density at radius 1 is 0.622 bits per heavy atom. The third kappa shape index (κ3) is 4.53. The van der Waals surface area contributed by atoms with Gasteiger partial charge in [0.05, 0.1) is 64.0 Å². The van der Waals surface area contributed by atoms with Crippen molar-refractivity contribution in [3.63, 3.8) is 0 Å². The fraction of sp³-hybridized carbons (Fsp3) is 0.212. The van der Waals surface area contributed by atoms with Crippen molar-refractivity contribution in [2.24, 2.45) is 0 Å². The number of aromatic nitrogens is 6. The summed E-state index contributed by atoms with van der Waals surface area (Å²) in [5.74, 6) is -0.894. The molecule has 0 aliphatic carbocycles. The zero-order valence-electron chi connectivity index (χ0n) is 24.2. The van der Waals surface area contributed by atoms with Crippen molar-refractivity contribution in [1.82, 2.24) is 29.9 Å². The van der Waals surface area contributed by atoms with Gasteiger partial charge in [0.25, 0.3) is 0 Å². The fourth-order valence-electron chi connectivity index (χ4n) is 5.58. The summed E-state index contributed by atoms with van der Waals surface area (Å²) in [5, 5.41) is 0. The maximum Gasteiger partial charge on any atom is 0.338 e. The van der Waals surface area contributed by atoms with Gasteiger partial charge in [-0.05, 0) is 67.9 Å². The fourth-order valence-corrected chi connectivity index (χ4v) is 5.58. The lowest BCUT2D eigenvalue weighted by Gasteiger charge is -2.12. The number of benzene rings is 4. The first-order valence-electron chi connectivity index (χ1n) is 14.5. The van der Waals surface area contributed by atoms with E-state index < -0.39 is 11.9 Å². The standard InChI is InChI=1S/C33H24N6O6/c1-3-43-32(40)17-6-9-20-23(12-17)38-29-26(35-20)27-30(37-22-11-16(5-8-19(22)34-27)25-14-42-15-45-25)31-28(29)36-21-10-7-18(13-24(21)39-31)33(41)44-4-2/h5-13,25H,3-4,14-15H2,1-2H3. The molecular formula is C33H24N6O6. The molecule has 0 radical (unpaired) electrons. The molecule has 12 nitrogen and oxygen atoms in total. The SMILES string of the molecule is CCOC(=O)c1ccc2nc3c4nc5ccc(C6COCO6)cc5nc4c4nc5cc(C(=O)OCC)ccc5nc4c3nc2c1. The Bertz CT molecular complexity index is 2370. The smallest absolute Gasteiger partial charge is 0.338 e. The third-order valence-corrected chi connectivity index (χ3v) is 7.71.